The highest BCUT2D eigenvalue weighted by molar-refractivity contribution is 7.15. The lowest BCUT2D eigenvalue weighted by Crippen LogP contribution is -2.42. The molecule has 1 aliphatic heterocycles. The third-order valence-electron chi connectivity index (χ3n) is 7.77. The van der Waals surface area contributed by atoms with E-state index in [1.54, 1.807) is 0 Å². The van der Waals surface area contributed by atoms with Crippen LogP contribution in [0.25, 0.3) is 0 Å². The van der Waals surface area contributed by atoms with Crippen molar-refractivity contribution in [1.29, 1.82) is 0 Å². The van der Waals surface area contributed by atoms with Crippen LogP contribution in [-0.4, -0.2) is 23.2 Å². The Balaban J connectivity index is 1.21. The number of thiazole rings is 1. The van der Waals surface area contributed by atoms with Gasteiger partial charge in [0.05, 0.1) is 10.8 Å². The van der Waals surface area contributed by atoms with Crippen LogP contribution in [0.3, 0.4) is 0 Å². The number of anilines is 2. The van der Waals surface area contributed by atoms with Crippen LogP contribution < -0.4 is 25.7 Å². The fraction of sp³-hybridized carbons (Fsp3) is 0.467. The predicted octanol–water partition coefficient (Wildman–Crippen LogP) is 6.16. The molecule has 0 radical (unpaired) electrons. The highest BCUT2D eigenvalue weighted by Crippen LogP contribution is 2.41. The first-order chi connectivity index (χ1) is 18.2. The number of carbonyl (C=O) groups excluding carboxylic acids is 1. The second-order valence-electron chi connectivity index (χ2n) is 10.9. The van der Waals surface area contributed by atoms with Crippen molar-refractivity contribution in [2.75, 3.05) is 18.1 Å². The Kier molecular flexibility index (Phi) is 7.52. The highest BCUT2D eigenvalue weighted by atomic mass is 32.1. The molecule has 5 rings (SSSR count). The number of hydrogen-bond acceptors (Lipinski definition) is 8. The van der Waals surface area contributed by atoms with Crippen molar-refractivity contribution < 1.29 is 19.0 Å². The summed E-state index contributed by atoms with van der Waals surface area (Å²) in [4.78, 5) is 17.9. The molecule has 2 aromatic carbocycles. The van der Waals surface area contributed by atoms with Gasteiger partial charge in [-0.15, -0.1) is 0 Å². The summed E-state index contributed by atoms with van der Waals surface area (Å²) in [6.45, 7) is 6.54. The van der Waals surface area contributed by atoms with Gasteiger partial charge >= 0.3 is 5.97 Å². The molecule has 7 nitrogen and oxygen atoms in total. The van der Waals surface area contributed by atoms with E-state index in [2.05, 4.69) is 11.9 Å². The van der Waals surface area contributed by atoms with Gasteiger partial charge in [0.15, 0.2) is 5.13 Å². The van der Waals surface area contributed by atoms with Crippen molar-refractivity contribution in [3.63, 3.8) is 0 Å². The lowest BCUT2D eigenvalue weighted by molar-refractivity contribution is -0.140. The minimum Gasteiger partial charge on any atom is -0.489 e. The van der Waals surface area contributed by atoms with Crippen molar-refractivity contribution in [3.05, 3.63) is 57.5 Å². The molecule has 1 atom stereocenters. The smallest absolute Gasteiger partial charge is 0.314 e. The van der Waals surface area contributed by atoms with E-state index in [1.807, 2.05) is 44.2 Å². The van der Waals surface area contributed by atoms with Crippen LogP contribution >= 0.6 is 11.3 Å². The maximum atomic E-state index is 12.8. The fourth-order valence-electron chi connectivity index (χ4n) is 5.49. The molecule has 0 saturated heterocycles. The predicted molar refractivity (Wildman–Crippen MR) is 151 cm³/mol. The summed E-state index contributed by atoms with van der Waals surface area (Å²) < 4.78 is 18.6. The van der Waals surface area contributed by atoms with Gasteiger partial charge in [0, 0.05) is 12.0 Å². The normalized spacial score (nSPS) is 19.4. The van der Waals surface area contributed by atoms with E-state index < -0.39 is 5.60 Å². The van der Waals surface area contributed by atoms with Crippen LogP contribution in [0.5, 0.6) is 17.2 Å². The monoisotopic (exact) mass is 535 g/mol. The molecule has 2 aliphatic rings. The topological polar surface area (TPSA) is 110 Å². The number of hydrogen-bond donors (Lipinski definition) is 2. The zero-order chi connectivity index (χ0) is 26.9. The Morgan fingerprint density at radius 2 is 1.89 bits per heavy atom. The molecule has 0 bridgehead atoms. The fourth-order valence-corrected chi connectivity index (χ4v) is 6.27. The number of ether oxygens (including phenoxy) is 3. The number of carbonyl (C=O) groups is 1. The van der Waals surface area contributed by atoms with Crippen LogP contribution in [0.1, 0.15) is 72.6 Å². The lowest BCUT2D eigenvalue weighted by Gasteiger charge is -2.36. The van der Waals surface area contributed by atoms with Crippen molar-refractivity contribution in [1.82, 2.24) is 4.98 Å². The zero-order valence-electron chi connectivity index (χ0n) is 22.5. The Hall–Kier alpha value is -3.26. The number of fused-ring (bicyclic) bond motifs is 1. The van der Waals surface area contributed by atoms with E-state index in [0.717, 1.165) is 77.2 Å². The van der Waals surface area contributed by atoms with Crippen LogP contribution in [0.15, 0.2) is 30.3 Å². The Morgan fingerprint density at radius 3 is 2.58 bits per heavy atom. The van der Waals surface area contributed by atoms with E-state index in [4.69, 9.17) is 25.7 Å². The molecule has 202 valence electrons. The van der Waals surface area contributed by atoms with Gasteiger partial charge in [0.1, 0.15) is 35.3 Å². The van der Waals surface area contributed by atoms with Gasteiger partial charge in [-0.25, -0.2) is 4.98 Å². The molecule has 0 spiro atoms. The zero-order valence-corrected chi connectivity index (χ0v) is 23.3. The van der Waals surface area contributed by atoms with E-state index in [9.17, 15) is 4.79 Å². The first-order valence-electron chi connectivity index (χ1n) is 13.5. The SMILES string of the molecule is Cc1cc2c(c(C)c1OC(=O)C1CCCCC1)CCC(C)(COc1ccc(Cc3sc(N)nc3N)cc1)O2. The second kappa shape index (κ2) is 10.8. The molecular formula is C30H37N3O4S. The van der Waals surface area contributed by atoms with Crippen LogP contribution in [0, 0.1) is 19.8 Å². The average molecular weight is 536 g/mol. The van der Waals surface area contributed by atoms with Crippen molar-refractivity contribution in [2.24, 2.45) is 5.92 Å². The standard InChI is InChI=1S/C30H37N3O4S/c1-18-15-24-23(19(2)26(18)36-28(34)21-7-5-4-6-8-21)13-14-30(3,37-24)17-35-22-11-9-20(10-12-22)16-25-27(31)33-29(32)38-25/h9-12,15,21H,4-8,13-14,16-17,31H2,1-3H3,(H2,32,33). The Morgan fingerprint density at radius 1 is 1.16 bits per heavy atom. The third-order valence-corrected chi connectivity index (χ3v) is 8.67. The van der Waals surface area contributed by atoms with Crippen LogP contribution in [0.4, 0.5) is 10.9 Å². The van der Waals surface area contributed by atoms with Gasteiger partial charge in [0.2, 0.25) is 0 Å². The minimum atomic E-state index is -0.459. The number of rotatable bonds is 7. The summed E-state index contributed by atoms with van der Waals surface area (Å²) in [5.74, 6) is 2.77. The van der Waals surface area contributed by atoms with Gasteiger partial charge in [-0.05, 0) is 81.3 Å². The quantitative estimate of drug-likeness (QED) is 0.275. The number of esters is 1. The molecule has 1 aromatic heterocycles. The van der Waals surface area contributed by atoms with E-state index >= 15 is 0 Å². The van der Waals surface area contributed by atoms with E-state index in [0.29, 0.717) is 29.7 Å². The van der Waals surface area contributed by atoms with E-state index in [1.165, 1.54) is 17.8 Å². The second-order valence-corrected chi connectivity index (χ2v) is 12.0. The Labute approximate surface area is 228 Å². The molecule has 1 fully saturated rings. The van der Waals surface area contributed by atoms with Crippen molar-refractivity contribution >= 4 is 28.3 Å². The third kappa shape index (κ3) is 5.75. The summed E-state index contributed by atoms with van der Waals surface area (Å²) >= 11 is 1.42. The molecule has 38 heavy (non-hydrogen) atoms. The molecule has 8 heteroatoms. The summed E-state index contributed by atoms with van der Waals surface area (Å²) in [6.07, 6.45) is 7.64. The number of benzene rings is 2. The molecule has 1 saturated carbocycles. The molecule has 4 N–H and O–H groups in total. The molecule has 1 unspecified atom stereocenters. The first kappa shape index (κ1) is 26.4. The summed E-state index contributed by atoms with van der Waals surface area (Å²) in [6, 6.07) is 10.0. The number of nitrogen functional groups attached to an aromatic ring is 2. The largest absolute Gasteiger partial charge is 0.489 e. The van der Waals surface area contributed by atoms with Crippen LogP contribution in [-0.2, 0) is 17.6 Å². The molecular weight excluding hydrogens is 498 g/mol. The number of aromatic nitrogens is 1. The highest BCUT2D eigenvalue weighted by Gasteiger charge is 2.35. The summed E-state index contributed by atoms with van der Waals surface area (Å²) in [7, 11) is 0. The van der Waals surface area contributed by atoms with Crippen LogP contribution in [0.2, 0.25) is 0 Å². The lowest BCUT2D eigenvalue weighted by atomic mass is 9.88. The molecule has 2 heterocycles. The maximum Gasteiger partial charge on any atom is 0.314 e. The average Bonchev–Trinajstić information content (AvgIpc) is 3.22. The van der Waals surface area contributed by atoms with Gasteiger partial charge in [-0.2, -0.15) is 0 Å². The number of aryl methyl sites for hydroxylation is 1. The van der Waals surface area contributed by atoms with Gasteiger partial charge in [-0.1, -0.05) is 42.7 Å². The first-order valence-corrected chi connectivity index (χ1v) is 14.3. The molecule has 1 aliphatic carbocycles. The van der Waals surface area contributed by atoms with Gasteiger partial charge < -0.3 is 25.7 Å². The van der Waals surface area contributed by atoms with Gasteiger partial charge in [-0.3, -0.25) is 4.79 Å². The van der Waals surface area contributed by atoms with Crippen molar-refractivity contribution in [3.8, 4) is 17.2 Å². The minimum absolute atomic E-state index is 0.0222. The number of nitrogens with two attached hydrogens (primary N) is 2. The molecule has 0 amide bonds. The summed E-state index contributed by atoms with van der Waals surface area (Å²) in [5.41, 5.74) is 15.4. The number of nitrogens with zero attached hydrogens (tertiary/aromatic N) is 1. The summed E-state index contributed by atoms with van der Waals surface area (Å²) in [5, 5.41) is 0.488. The van der Waals surface area contributed by atoms with Gasteiger partial charge in [0.25, 0.3) is 0 Å². The van der Waals surface area contributed by atoms with E-state index in [-0.39, 0.29) is 11.9 Å². The Bertz CT molecular complexity index is 1310. The maximum absolute atomic E-state index is 12.8. The van der Waals surface area contributed by atoms with Crippen molar-refractivity contribution in [2.45, 2.75) is 77.7 Å². The molecule has 3 aromatic rings.